The van der Waals surface area contributed by atoms with Gasteiger partial charge in [0.05, 0.1) is 23.5 Å². The van der Waals surface area contributed by atoms with Crippen molar-refractivity contribution in [3.63, 3.8) is 0 Å². The van der Waals surface area contributed by atoms with Crippen molar-refractivity contribution in [3.05, 3.63) is 53.3 Å². The molecule has 1 N–H and O–H groups in total. The molecule has 120 valence electrons. The molecule has 1 aromatic carbocycles. The largest absolute Gasteiger partial charge is 0.329 e. The third-order valence-electron chi connectivity index (χ3n) is 4.90. The highest BCUT2D eigenvalue weighted by Crippen LogP contribution is 2.26. The van der Waals surface area contributed by atoms with Gasteiger partial charge in [0, 0.05) is 26.2 Å². The molecule has 0 aliphatic carbocycles. The minimum atomic E-state index is 0.0941. The maximum Gasteiger partial charge on any atom is 0.257 e. The van der Waals surface area contributed by atoms with Crippen molar-refractivity contribution in [2.24, 2.45) is 0 Å². The number of benzene rings is 1. The van der Waals surface area contributed by atoms with Crippen LogP contribution < -0.4 is 5.32 Å². The van der Waals surface area contributed by atoms with E-state index < -0.39 is 0 Å². The molecule has 1 amide bonds. The van der Waals surface area contributed by atoms with Gasteiger partial charge in [-0.1, -0.05) is 30.3 Å². The van der Waals surface area contributed by atoms with Crippen LogP contribution in [-0.2, 0) is 13.0 Å². The molecule has 1 saturated heterocycles. The predicted octanol–water partition coefficient (Wildman–Crippen LogP) is 2.01. The number of piperazine rings is 1. The average Bonchev–Trinajstić information content (AvgIpc) is 3.06. The molecule has 0 bridgehead atoms. The zero-order valence-corrected chi connectivity index (χ0v) is 13.2. The zero-order valence-electron chi connectivity index (χ0n) is 13.2. The number of carbonyl (C=O) groups excluding carboxylic acids is 1. The highest BCUT2D eigenvalue weighted by atomic mass is 16.2. The van der Waals surface area contributed by atoms with Gasteiger partial charge in [0.1, 0.15) is 0 Å². The predicted molar refractivity (Wildman–Crippen MR) is 88.3 cm³/mol. The molecular formula is C18H22N4O. The van der Waals surface area contributed by atoms with Gasteiger partial charge in [-0.3, -0.25) is 9.48 Å². The fraction of sp³-hybridized carbons (Fsp3) is 0.444. The summed E-state index contributed by atoms with van der Waals surface area (Å²) in [4.78, 5) is 15.2. The van der Waals surface area contributed by atoms with Gasteiger partial charge in [0.25, 0.3) is 5.91 Å². The molecule has 5 nitrogen and oxygen atoms in total. The minimum absolute atomic E-state index is 0.0941. The van der Waals surface area contributed by atoms with Gasteiger partial charge >= 0.3 is 0 Å². The van der Waals surface area contributed by atoms with E-state index in [1.807, 2.05) is 27.8 Å². The molecule has 1 aromatic heterocycles. The topological polar surface area (TPSA) is 50.2 Å². The maximum atomic E-state index is 13.2. The van der Waals surface area contributed by atoms with Crippen LogP contribution in [0.15, 0.2) is 36.5 Å². The van der Waals surface area contributed by atoms with Crippen molar-refractivity contribution < 1.29 is 4.79 Å². The highest BCUT2D eigenvalue weighted by molar-refractivity contribution is 5.95. The van der Waals surface area contributed by atoms with Crippen LogP contribution in [0.1, 0.15) is 40.5 Å². The van der Waals surface area contributed by atoms with E-state index in [9.17, 15) is 4.79 Å². The number of nitrogens with zero attached hydrogens (tertiary/aromatic N) is 3. The normalized spacial score (nSPS) is 21.0. The number of aryl methyl sites for hydroxylation is 1. The lowest BCUT2D eigenvalue weighted by Gasteiger charge is -2.36. The van der Waals surface area contributed by atoms with Crippen LogP contribution in [0, 0.1) is 0 Å². The summed E-state index contributed by atoms with van der Waals surface area (Å²) >= 11 is 0. The van der Waals surface area contributed by atoms with Crippen molar-refractivity contribution in [2.45, 2.75) is 31.8 Å². The van der Waals surface area contributed by atoms with Crippen LogP contribution in [0.3, 0.4) is 0 Å². The first-order valence-electron chi connectivity index (χ1n) is 8.46. The van der Waals surface area contributed by atoms with Crippen LogP contribution in [-0.4, -0.2) is 40.2 Å². The number of aromatic nitrogens is 2. The monoisotopic (exact) mass is 310 g/mol. The Labute approximate surface area is 136 Å². The lowest BCUT2D eigenvalue weighted by molar-refractivity contribution is 0.0632. The van der Waals surface area contributed by atoms with Crippen LogP contribution in [0.2, 0.25) is 0 Å². The first kappa shape index (κ1) is 14.5. The molecule has 1 unspecified atom stereocenters. The molecule has 1 fully saturated rings. The summed E-state index contributed by atoms with van der Waals surface area (Å²) in [5.74, 6) is 0.128. The fourth-order valence-electron chi connectivity index (χ4n) is 3.67. The Morgan fingerprint density at radius 3 is 2.91 bits per heavy atom. The Bertz CT molecular complexity index is 694. The van der Waals surface area contributed by atoms with Gasteiger partial charge in [0.15, 0.2) is 0 Å². The van der Waals surface area contributed by atoms with E-state index in [2.05, 4.69) is 22.5 Å². The molecule has 0 spiro atoms. The second-order valence-corrected chi connectivity index (χ2v) is 6.31. The number of hydrogen-bond donors (Lipinski definition) is 1. The summed E-state index contributed by atoms with van der Waals surface area (Å²) in [6, 6.07) is 10.4. The second kappa shape index (κ2) is 6.16. The smallest absolute Gasteiger partial charge is 0.257 e. The number of nitrogens with one attached hydrogen (secondary N) is 1. The number of rotatable bonds is 2. The number of carbonyl (C=O) groups is 1. The van der Waals surface area contributed by atoms with Crippen LogP contribution >= 0.6 is 0 Å². The molecule has 23 heavy (non-hydrogen) atoms. The summed E-state index contributed by atoms with van der Waals surface area (Å²) in [7, 11) is 0. The van der Waals surface area contributed by atoms with E-state index in [0.29, 0.717) is 0 Å². The highest BCUT2D eigenvalue weighted by Gasteiger charge is 2.31. The van der Waals surface area contributed by atoms with Gasteiger partial charge < -0.3 is 10.2 Å². The third kappa shape index (κ3) is 2.65. The lowest BCUT2D eigenvalue weighted by atomic mass is 10.0. The first-order valence-corrected chi connectivity index (χ1v) is 8.46. The van der Waals surface area contributed by atoms with E-state index in [1.165, 1.54) is 5.56 Å². The van der Waals surface area contributed by atoms with Gasteiger partial charge in [0.2, 0.25) is 0 Å². The van der Waals surface area contributed by atoms with Crippen molar-refractivity contribution in [1.29, 1.82) is 0 Å². The molecular weight excluding hydrogens is 288 g/mol. The number of fused-ring (bicyclic) bond motifs is 1. The van der Waals surface area contributed by atoms with Crippen molar-refractivity contribution >= 4 is 5.91 Å². The summed E-state index contributed by atoms with van der Waals surface area (Å²) < 4.78 is 2.01. The molecule has 2 aromatic rings. The standard InChI is InChI=1S/C18H22N4O/c23-18(15-12-20-22-10-5-4-8-16(15)22)21-11-9-19-13-17(21)14-6-2-1-3-7-14/h1-3,6-7,12,17,19H,4-5,8-11,13H2. The van der Waals surface area contributed by atoms with E-state index in [4.69, 9.17) is 0 Å². The minimum Gasteiger partial charge on any atom is -0.329 e. The molecule has 5 heteroatoms. The SMILES string of the molecule is O=C(c1cnn2c1CCCC2)N1CCNCC1c1ccccc1. The van der Waals surface area contributed by atoms with E-state index >= 15 is 0 Å². The third-order valence-corrected chi connectivity index (χ3v) is 4.90. The number of amides is 1. The molecule has 2 aliphatic heterocycles. The Balaban J connectivity index is 1.64. The molecule has 3 heterocycles. The Morgan fingerprint density at radius 1 is 1.17 bits per heavy atom. The van der Waals surface area contributed by atoms with Gasteiger partial charge in [-0.05, 0) is 24.8 Å². The average molecular weight is 310 g/mol. The molecule has 0 radical (unpaired) electrons. The summed E-state index contributed by atoms with van der Waals surface area (Å²) in [6.07, 6.45) is 5.04. The zero-order chi connectivity index (χ0) is 15.6. The van der Waals surface area contributed by atoms with E-state index in [-0.39, 0.29) is 11.9 Å². The van der Waals surface area contributed by atoms with Crippen LogP contribution in [0.5, 0.6) is 0 Å². The van der Waals surface area contributed by atoms with Crippen molar-refractivity contribution in [3.8, 4) is 0 Å². The van der Waals surface area contributed by atoms with Crippen molar-refractivity contribution in [2.75, 3.05) is 19.6 Å². The summed E-state index contributed by atoms with van der Waals surface area (Å²) in [6.45, 7) is 3.33. The Hall–Kier alpha value is -2.14. The molecule has 4 rings (SSSR count). The Kier molecular flexibility index (Phi) is 3.87. The Morgan fingerprint density at radius 2 is 2.04 bits per heavy atom. The first-order chi connectivity index (χ1) is 11.3. The molecule has 2 aliphatic rings. The van der Waals surface area contributed by atoms with E-state index in [1.54, 1.807) is 6.20 Å². The van der Waals surface area contributed by atoms with Gasteiger partial charge in [-0.25, -0.2) is 0 Å². The molecule has 1 atom stereocenters. The van der Waals surface area contributed by atoms with E-state index in [0.717, 1.165) is 56.7 Å². The van der Waals surface area contributed by atoms with Crippen molar-refractivity contribution in [1.82, 2.24) is 20.0 Å². The maximum absolute atomic E-state index is 13.2. The second-order valence-electron chi connectivity index (χ2n) is 6.31. The number of hydrogen-bond acceptors (Lipinski definition) is 3. The van der Waals surface area contributed by atoms with Gasteiger partial charge in [-0.2, -0.15) is 5.10 Å². The molecule has 0 saturated carbocycles. The summed E-state index contributed by atoms with van der Waals surface area (Å²) in [5, 5.41) is 7.84. The summed E-state index contributed by atoms with van der Waals surface area (Å²) in [5.41, 5.74) is 3.10. The lowest BCUT2D eigenvalue weighted by Crippen LogP contribution is -2.48. The van der Waals surface area contributed by atoms with Gasteiger partial charge in [-0.15, -0.1) is 0 Å². The van der Waals surface area contributed by atoms with Crippen LogP contribution in [0.25, 0.3) is 0 Å². The fourth-order valence-corrected chi connectivity index (χ4v) is 3.67. The quantitative estimate of drug-likeness (QED) is 0.923. The van der Waals surface area contributed by atoms with Crippen LogP contribution in [0.4, 0.5) is 0 Å².